The van der Waals surface area contributed by atoms with Crippen LogP contribution in [-0.2, 0) is 0 Å². The summed E-state index contributed by atoms with van der Waals surface area (Å²) < 4.78 is 1.75. The molecule has 5 heteroatoms. The van der Waals surface area contributed by atoms with Crippen LogP contribution in [0.25, 0.3) is 0 Å². The van der Waals surface area contributed by atoms with Crippen LogP contribution >= 0.6 is 67.8 Å². The van der Waals surface area contributed by atoms with Crippen molar-refractivity contribution in [3.8, 4) is 0 Å². The Morgan fingerprint density at radius 2 is 2.00 bits per heavy atom. The molecular formula is C6H2I3NO. The number of hydrogen-bond acceptors (Lipinski definition) is 2. The van der Waals surface area contributed by atoms with Crippen molar-refractivity contribution in [1.29, 1.82) is 0 Å². The Morgan fingerprint density at radius 1 is 1.36 bits per heavy atom. The molecule has 1 aromatic rings. The van der Waals surface area contributed by atoms with Gasteiger partial charge in [0.25, 0.3) is 0 Å². The van der Waals surface area contributed by atoms with Crippen molar-refractivity contribution in [2.24, 2.45) is 0 Å². The van der Waals surface area contributed by atoms with Crippen LogP contribution in [0.2, 0.25) is 0 Å². The van der Waals surface area contributed by atoms with E-state index >= 15 is 0 Å². The van der Waals surface area contributed by atoms with E-state index in [1.807, 2.05) is 12.1 Å². The maximum absolute atomic E-state index is 10.9. The van der Waals surface area contributed by atoms with E-state index in [-0.39, 0.29) is 3.79 Å². The van der Waals surface area contributed by atoms with Crippen LogP contribution in [0.4, 0.5) is 0 Å². The van der Waals surface area contributed by atoms with E-state index in [9.17, 15) is 4.79 Å². The molecule has 0 fully saturated rings. The van der Waals surface area contributed by atoms with Crippen molar-refractivity contribution in [3.05, 3.63) is 25.1 Å². The van der Waals surface area contributed by atoms with Crippen molar-refractivity contribution in [1.82, 2.24) is 4.98 Å². The van der Waals surface area contributed by atoms with E-state index in [2.05, 4.69) is 50.2 Å². The van der Waals surface area contributed by atoms with Gasteiger partial charge in [0.05, 0.1) is 0 Å². The molecular weight excluding hydrogens is 483 g/mol. The second-order valence-electron chi connectivity index (χ2n) is 1.74. The third-order valence-electron chi connectivity index (χ3n) is 0.998. The molecule has 0 aliphatic carbocycles. The second-order valence-corrected chi connectivity index (χ2v) is 4.99. The molecule has 0 N–H and O–H groups in total. The largest absolute Gasteiger partial charge is 0.280 e. The molecule has 0 saturated heterocycles. The van der Waals surface area contributed by atoms with Crippen LogP contribution in [-0.4, -0.2) is 8.77 Å². The Balaban J connectivity index is 3.23. The van der Waals surface area contributed by atoms with Gasteiger partial charge in [0.15, 0.2) is 0 Å². The van der Waals surface area contributed by atoms with Gasteiger partial charge in [0, 0.05) is 26.2 Å². The molecule has 0 saturated carbocycles. The summed E-state index contributed by atoms with van der Waals surface area (Å²) in [5, 5.41) is 0. The first-order valence-electron chi connectivity index (χ1n) is 2.63. The molecule has 0 unspecified atom stereocenters. The lowest BCUT2D eigenvalue weighted by Gasteiger charge is -1.97. The molecule has 0 bridgehead atoms. The van der Waals surface area contributed by atoms with Crippen molar-refractivity contribution in [3.63, 3.8) is 0 Å². The van der Waals surface area contributed by atoms with Crippen molar-refractivity contribution >= 4 is 71.6 Å². The summed E-state index contributed by atoms with van der Waals surface area (Å²) in [7, 11) is 0. The zero-order valence-corrected chi connectivity index (χ0v) is 11.6. The number of rotatable bonds is 1. The van der Waals surface area contributed by atoms with E-state index in [1.165, 1.54) is 0 Å². The van der Waals surface area contributed by atoms with Gasteiger partial charge < -0.3 is 0 Å². The average Bonchev–Trinajstić information content (AvgIpc) is 1.94. The van der Waals surface area contributed by atoms with Gasteiger partial charge >= 0.3 is 0 Å². The maximum atomic E-state index is 10.9. The Labute approximate surface area is 105 Å². The average molecular weight is 485 g/mol. The SMILES string of the molecule is O=C(I)c1nc(I)ccc1I. The van der Waals surface area contributed by atoms with Crippen LogP contribution in [0.5, 0.6) is 0 Å². The molecule has 0 aliphatic rings. The van der Waals surface area contributed by atoms with E-state index in [4.69, 9.17) is 0 Å². The highest BCUT2D eigenvalue weighted by Gasteiger charge is 2.07. The molecule has 0 radical (unpaired) electrons. The van der Waals surface area contributed by atoms with Crippen LogP contribution in [0.3, 0.4) is 0 Å². The van der Waals surface area contributed by atoms with Gasteiger partial charge in [-0.05, 0) is 57.3 Å². The predicted octanol–water partition coefficient (Wildman–Crippen LogP) is 2.87. The zero-order chi connectivity index (χ0) is 8.43. The Bertz CT molecular complexity index is 300. The molecule has 0 aromatic carbocycles. The summed E-state index contributed by atoms with van der Waals surface area (Å²) in [6.45, 7) is 0. The third kappa shape index (κ3) is 2.76. The highest BCUT2D eigenvalue weighted by Crippen LogP contribution is 2.14. The highest BCUT2D eigenvalue weighted by molar-refractivity contribution is 14.1. The number of halogens is 3. The normalized spacial score (nSPS) is 9.73. The number of pyridine rings is 1. The molecule has 0 spiro atoms. The van der Waals surface area contributed by atoms with Crippen LogP contribution < -0.4 is 0 Å². The summed E-state index contributed by atoms with van der Waals surface area (Å²) in [5.41, 5.74) is 0.554. The first kappa shape index (κ1) is 10.1. The zero-order valence-electron chi connectivity index (χ0n) is 5.14. The number of nitrogens with zero attached hydrogens (tertiary/aromatic N) is 1. The molecule has 0 aliphatic heterocycles. The quantitative estimate of drug-likeness (QED) is 0.349. The highest BCUT2D eigenvalue weighted by atomic mass is 127. The number of aromatic nitrogens is 1. The molecule has 11 heavy (non-hydrogen) atoms. The standard InChI is InChI=1S/C6H2I3NO/c7-3-1-2-4(8)10-5(3)6(9)11/h1-2H. The minimum Gasteiger partial charge on any atom is -0.280 e. The lowest BCUT2D eigenvalue weighted by Crippen LogP contribution is -1.98. The topological polar surface area (TPSA) is 30.0 Å². The number of carbonyl (C=O) groups is 1. The fourth-order valence-corrected chi connectivity index (χ4v) is 2.45. The van der Waals surface area contributed by atoms with E-state index in [0.717, 1.165) is 7.27 Å². The molecule has 58 valence electrons. The molecule has 0 atom stereocenters. The molecule has 2 nitrogen and oxygen atoms in total. The van der Waals surface area contributed by atoms with Gasteiger partial charge in [0.2, 0.25) is 3.79 Å². The summed E-state index contributed by atoms with van der Waals surface area (Å²) in [6.07, 6.45) is 0. The summed E-state index contributed by atoms with van der Waals surface area (Å²) >= 11 is 5.93. The van der Waals surface area contributed by atoms with Gasteiger partial charge in [-0.25, -0.2) is 4.98 Å². The van der Waals surface area contributed by atoms with Gasteiger partial charge in [0.1, 0.15) is 9.39 Å². The van der Waals surface area contributed by atoms with Gasteiger partial charge in [-0.1, -0.05) is 0 Å². The van der Waals surface area contributed by atoms with E-state index in [0.29, 0.717) is 5.69 Å². The number of hydrogen-bond donors (Lipinski definition) is 0. The Hall–Kier alpha value is 1.01. The molecule has 0 amide bonds. The molecule has 1 aromatic heterocycles. The van der Waals surface area contributed by atoms with Crippen molar-refractivity contribution < 1.29 is 4.79 Å². The summed E-state index contributed by atoms with van der Waals surface area (Å²) in [5.74, 6) is 0. The minimum absolute atomic E-state index is 0.00878. The summed E-state index contributed by atoms with van der Waals surface area (Å²) in [4.78, 5) is 15.0. The van der Waals surface area contributed by atoms with Crippen LogP contribution in [0.15, 0.2) is 12.1 Å². The second kappa shape index (κ2) is 4.30. The van der Waals surface area contributed by atoms with Gasteiger partial charge in [-0.15, -0.1) is 0 Å². The third-order valence-corrected chi connectivity index (χ3v) is 2.98. The fourth-order valence-electron chi connectivity index (χ4n) is 0.556. The predicted molar refractivity (Wildman–Crippen MR) is 68.0 cm³/mol. The van der Waals surface area contributed by atoms with Gasteiger partial charge in [-0.3, -0.25) is 4.79 Å². The lowest BCUT2D eigenvalue weighted by atomic mass is 10.4. The van der Waals surface area contributed by atoms with E-state index < -0.39 is 0 Å². The maximum Gasteiger partial charge on any atom is 0.241 e. The Morgan fingerprint density at radius 3 is 2.45 bits per heavy atom. The van der Waals surface area contributed by atoms with Crippen molar-refractivity contribution in [2.75, 3.05) is 0 Å². The van der Waals surface area contributed by atoms with Crippen molar-refractivity contribution in [2.45, 2.75) is 0 Å². The first-order valence-corrected chi connectivity index (χ1v) is 5.87. The van der Waals surface area contributed by atoms with Crippen LogP contribution in [0.1, 0.15) is 10.5 Å². The summed E-state index contributed by atoms with van der Waals surface area (Å²) in [6, 6.07) is 3.77. The first-order chi connectivity index (χ1) is 5.11. The Kier molecular flexibility index (Phi) is 3.95. The smallest absolute Gasteiger partial charge is 0.241 e. The molecule has 1 heterocycles. The number of carbonyl (C=O) groups excluding carboxylic acids is 1. The monoisotopic (exact) mass is 485 g/mol. The lowest BCUT2D eigenvalue weighted by molar-refractivity contribution is 0.110. The molecule has 1 rings (SSSR count). The van der Waals surface area contributed by atoms with E-state index in [1.54, 1.807) is 22.6 Å². The fraction of sp³-hybridized carbons (Fsp3) is 0. The van der Waals surface area contributed by atoms with Gasteiger partial charge in [-0.2, -0.15) is 0 Å². The minimum atomic E-state index is -0.00878. The van der Waals surface area contributed by atoms with Crippen LogP contribution in [0, 0.1) is 7.27 Å².